The van der Waals surface area contributed by atoms with Gasteiger partial charge >= 0.3 is 0 Å². The second-order valence-corrected chi connectivity index (χ2v) is 6.03. The Kier molecular flexibility index (Phi) is 5.18. The second-order valence-electron chi connectivity index (χ2n) is 6.03. The zero-order chi connectivity index (χ0) is 16.1. The first-order valence-electron chi connectivity index (χ1n) is 8.06. The number of hydrogen-bond donors (Lipinski definition) is 0. The summed E-state index contributed by atoms with van der Waals surface area (Å²) in [6.07, 6.45) is 6.32. The van der Waals surface area contributed by atoms with Crippen LogP contribution in [-0.4, -0.2) is 35.1 Å². The highest BCUT2D eigenvalue weighted by Gasteiger charge is 2.24. The van der Waals surface area contributed by atoms with E-state index in [9.17, 15) is 4.39 Å². The maximum atomic E-state index is 13.7. The van der Waals surface area contributed by atoms with E-state index in [0.29, 0.717) is 11.8 Å². The van der Waals surface area contributed by atoms with Crippen molar-refractivity contribution >= 4 is 0 Å². The van der Waals surface area contributed by atoms with Crippen molar-refractivity contribution in [3.63, 3.8) is 0 Å². The predicted octanol–water partition coefficient (Wildman–Crippen LogP) is 3.08. The molecule has 1 saturated heterocycles. The van der Waals surface area contributed by atoms with Crippen molar-refractivity contribution < 1.29 is 9.13 Å². The number of rotatable bonds is 6. The van der Waals surface area contributed by atoms with Crippen LogP contribution in [0.1, 0.15) is 24.1 Å². The highest BCUT2D eigenvalue weighted by Crippen LogP contribution is 2.24. The lowest BCUT2D eigenvalue weighted by atomic mass is 9.98. The van der Waals surface area contributed by atoms with Crippen molar-refractivity contribution in [2.24, 2.45) is 5.92 Å². The topological polar surface area (TPSA) is 38.3 Å². The summed E-state index contributed by atoms with van der Waals surface area (Å²) in [5.74, 6) is 1.12. The average molecular weight is 315 g/mol. The summed E-state index contributed by atoms with van der Waals surface area (Å²) in [6.45, 7) is 2.82. The molecule has 0 radical (unpaired) electrons. The lowest BCUT2D eigenvalue weighted by Crippen LogP contribution is -2.21. The molecule has 1 atom stereocenters. The molecule has 1 aliphatic rings. The van der Waals surface area contributed by atoms with Gasteiger partial charge in [-0.3, -0.25) is 9.88 Å². The Morgan fingerprint density at radius 1 is 1.26 bits per heavy atom. The van der Waals surface area contributed by atoms with Crippen LogP contribution in [0.2, 0.25) is 0 Å². The van der Waals surface area contributed by atoms with E-state index in [4.69, 9.17) is 4.74 Å². The first kappa shape index (κ1) is 15.9. The molecule has 1 unspecified atom stereocenters. The van der Waals surface area contributed by atoms with Gasteiger partial charge in [0.2, 0.25) is 5.88 Å². The molecule has 0 amide bonds. The van der Waals surface area contributed by atoms with Crippen molar-refractivity contribution in [1.82, 2.24) is 14.9 Å². The van der Waals surface area contributed by atoms with Crippen molar-refractivity contribution in [2.75, 3.05) is 20.2 Å². The molecular weight excluding hydrogens is 293 g/mol. The quantitative estimate of drug-likeness (QED) is 0.821. The molecule has 0 aliphatic carbocycles. The number of nitrogens with zero attached hydrogens (tertiary/aromatic N) is 3. The maximum absolute atomic E-state index is 13.7. The van der Waals surface area contributed by atoms with E-state index in [1.54, 1.807) is 25.6 Å². The van der Waals surface area contributed by atoms with E-state index in [1.165, 1.54) is 6.07 Å². The molecule has 4 nitrogen and oxygen atoms in total. The van der Waals surface area contributed by atoms with Gasteiger partial charge in [0.15, 0.2) is 0 Å². The molecule has 2 heterocycles. The lowest BCUT2D eigenvalue weighted by Gasteiger charge is -2.16. The molecule has 1 aliphatic heterocycles. The van der Waals surface area contributed by atoms with Crippen LogP contribution >= 0.6 is 0 Å². The first-order valence-corrected chi connectivity index (χ1v) is 8.06. The highest BCUT2D eigenvalue weighted by atomic mass is 19.1. The molecule has 0 bridgehead atoms. The Morgan fingerprint density at radius 2 is 2.09 bits per heavy atom. The Bertz CT molecular complexity index is 650. The zero-order valence-corrected chi connectivity index (χ0v) is 13.4. The van der Waals surface area contributed by atoms with Crippen LogP contribution in [0, 0.1) is 11.7 Å². The minimum Gasteiger partial charge on any atom is -0.480 e. The van der Waals surface area contributed by atoms with Gasteiger partial charge in [-0.2, -0.15) is 0 Å². The van der Waals surface area contributed by atoms with Gasteiger partial charge in [-0.25, -0.2) is 9.37 Å². The molecular formula is C18H22FN3O. The fourth-order valence-electron chi connectivity index (χ4n) is 3.20. The first-order chi connectivity index (χ1) is 11.3. The number of likely N-dealkylation sites (tertiary alicyclic amines) is 1. The number of methoxy groups -OCH3 is 1. The minimum absolute atomic E-state index is 0.0911. The van der Waals surface area contributed by atoms with Gasteiger partial charge in [-0.15, -0.1) is 0 Å². The van der Waals surface area contributed by atoms with E-state index >= 15 is 0 Å². The molecule has 3 rings (SSSR count). The third kappa shape index (κ3) is 4.05. The van der Waals surface area contributed by atoms with Crippen LogP contribution in [0.5, 0.6) is 5.88 Å². The number of benzene rings is 1. The Morgan fingerprint density at radius 3 is 2.91 bits per heavy atom. The molecule has 5 heteroatoms. The van der Waals surface area contributed by atoms with Gasteiger partial charge in [0.1, 0.15) is 11.5 Å². The van der Waals surface area contributed by atoms with Gasteiger partial charge in [-0.05, 0) is 43.4 Å². The summed E-state index contributed by atoms with van der Waals surface area (Å²) in [6, 6.07) is 7.06. The molecule has 122 valence electrons. The standard InChI is InChI=1S/C18H22FN3O/c1-23-18-17(20-9-10-21-18)13-22-11-8-14(12-22)6-7-15-4-2-3-5-16(15)19/h2-5,9-10,14H,6-8,11-13H2,1H3. The van der Waals surface area contributed by atoms with Crippen molar-refractivity contribution in [3.05, 3.63) is 53.7 Å². The fraction of sp³-hybridized carbons (Fsp3) is 0.444. The number of ether oxygens (including phenoxy) is 1. The minimum atomic E-state index is -0.0911. The SMILES string of the molecule is COc1nccnc1CN1CCC(CCc2ccccc2F)C1. The maximum Gasteiger partial charge on any atom is 0.236 e. The summed E-state index contributed by atoms with van der Waals surface area (Å²) in [5.41, 5.74) is 1.70. The summed E-state index contributed by atoms with van der Waals surface area (Å²) >= 11 is 0. The summed E-state index contributed by atoms with van der Waals surface area (Å²) in [5, 5.41) is 0. The van der Waals surface area contributed by atoms with Crippen LogP contribution in [0.4, 0.5) is 4.39 Å². The van der Waals surface area contributed by atoms with E-state index in [-0.39, 0.29) is 5.82 Å². The molecule has 2 aromatic rings. The van der Waals surface area contributed by atoms with E-state index in [0.717, 1.165) is 50.2 Å². The van der Waals surface area contributed by atoms with Crippen LogP contribution in [0.3, 0.4) is 0 Å². The Hall–Kier alpha value is -2.01. The summed E-state index contributed by atoms with van der Waals surface area (Å²) in [7, 11) is 1.62. The van der Waals surface area contributed by atoms with Gasteiger partial charge in [0.25, 0.3) is 0 Å². The van der Waals surface area contributed by atoms with Crippen molar-refractivity contribution in [2.45, 2.75) is 25.8 Å². The monoisotopic (exact) mass is 315 g/mol. The second kappa shape index (κ2) is 7.51. The highest BCUT2D eigenvalue weighted by molar-refractivity contribution is 5.18. The average Bonchev–Trinajstić information content (AvgIpc) is 3.02. The van der Waals surface area contributed by atoms with Gasteiger partial charge in [0.05, 0.1) is 7.11 Å². The van der Waals surface area contributed by atoms with Crippen LogP contribution in [0.15, 0.2) is 36.7 Å². The molecule has 23 heavy (non-hydrogen) atoms. The van der Waals surface area contributed by atoms with Crippen LogP contribution < -0.4 is 4.74 Å². The van der Waals surface area contributed by atoms with Crippen LogP contribution in [-0.2, 0) is 13.0 Å². The third-order valence-electron chi connectivity index (χ3n) is 4.45. The lowest BCUT2D eigenvalue weighted by molar-refractivity contribution is 0.298. The Balaban J connectivity index is 1.52. The fourth-order valence-corrected chi connectivity index (χ4v) is 3.20. The molecule has 0 N–H and O–H groups in total. The predicted molar refractivity (Wildman–Crippen MR) is 86.7 cm³/mol. The van der Waals surface area contributed by atoms with Crippen LogP contribution in [0.25, 0.3) is 0 Å². The van der Waals surface area contributed by atoms with Crippen molar-refractivity contribution in [3.8, 4) is 5.88 Å². The molecule has 1 aromatic heterocycles. The van der Waals surface area contributed by atoms with E-state index < -0.39 is 0 Å². The summed E-state index contributed by atoms with van der Waals surface area (Å²) in [4.78, 5) is 10.9. The number of halogens is 1. The van der Waals surface area contributed by atoms with E-state index in [1.807, 2.05) is 12.1 Å². The smallest absolute Gasteiger partial charge is 0.236 e. The van der Waals surface area contributed by atoms with Gasteiger partial charge < -0.3 is 4.74 Å². The van der Waals surface area contributed by atoms with Crippen molar-refractivity contribution in [1.29, 1.82) is 0 Å². The zero-order valence-electron chi connectivity index (χ0n) is 13.4. The normalized spacial score (nSPS) is 18.3. The number of hydrogen-bond acceptors (Lipinski definition) is 4. The van der Waals surface area contributed by atoms with E-state index in [2.05, 4.69) is 14.9 Å². The van der Waals surface area contributed by atoms with Gasteiger partial charge in [-0.1, -0.05) is 18.2 Å². The third-order valence-corrected chi connectivity index (χ3v) is 4.45. The van der Waals surface area contributed by atoms with Gasteiger partial charge in [0, 0.05) is 25.5 Å². The largest absolute Gasteiger partial charge is 0.480 e. The molecule has 1 aromatic carbocycles. The number of aromatic nitrogens is 2. The molecule has 1 fully saturated rings. The molecule has 0 spiro atoms. The Labute approximate surface area is 136 Å². The number of aryl methyl sites for hydroxylation is 1. The molecule has 0 saturated carbocycles. The summed E-state index contributed by atoms with van der Waals surface area (Å²) < 4.78 is 18.9.